The van der Waals surface area contributed by atoms with E-state index in [0.29, 0.717) is 0 Å². The van der Waals surface area contributed by atoms with Crippen LogP contribution in [0, 0.1) is 0 Å². The Hall–Kier alpha value is -7.22. The Morgan fingerprint density at radius 1 is 0.218 bits per heavy atom. The minimum absolute atomic E-state index is 0.915. The largest absolute Gasteiger partial charge is 0.455 e. The van der Waals surface area contributed by atoms with Crippen LogP contribution in [0.1, 0.15) is 0 Å². The predicted molar refractivity (Wildman–Crippen MR) is 232 cm³/mol. The van der Waals surface area contributed by atoms with E-state index in [1.54, 1.807) is 0 Å². The van der Waals surface area contributed by atoms with Gasteiger partial charge in [-0.05, 0) is 118 Å². The number of furan rings is 1. The fourth-order valence-electron chi connectivity index (χ4n) is 9.32. The fourth-order valence-corrected chi connectivity index (χ4v) is 9.32. The molecule has 0 bridgehead atoms. The lowest BCUT2D eigenvalue weighted by Gasteiger charge is -2.23. The topological polar surface area (TPSA) is 13.1 Å². The first kappa shape index (κ1) is 30.3. The molecule has 0 N–H and O–H groups in total. The Bertz CT molecular complexity index is 3370. The third-order valence-corrected chi connectivity index (χ3v) is 11.8. The quantitative estimate of drug-likeness (QED) is 0.164. The van der Waals surface area contributed by atoms with E-state index in [2.05, 4.69) is 188 Å². The van der Waals surface area contributed by atoms with Gasteiger partial charge in [-0.1, -0.05) is 170 Å². The standard InChI is InChI=1S/C54H32O/c1-2-13-38-37(12-1)39-14-3-4-16-41(39)45-27-24-33(30-50(45)44-19-8-7-15-40(38)44)34-25-28-46-42-17-5-6-18-43(42)47-29-26-35(32-52(47)51(46)31-34)36-21-11-22-49-48-20-9-10-23-53(48)55-54(36)49/h1-32H. The van der Waals surface area contributed by atoms with Crippen LogP contribution in [0.3, 0.4) is 0 Å². The van der Waals surface area contributed by atoms with Crippen molar-refractivity contribution >= 4 is 54.3 Å². The molecule has 55 heavy (non-hydrogen) atoms. The van der Waals surface area contributed by atoms with Crippen LogP contribution in [-0.4, -0.2) is 0 Å². The van der Waals surface area contributed by atoms with Crippen molar-refractivity contribution in [1.29, 1.82) is 0 Å². The molecule has 11 aromatic rings. The van der Waals surface area contributed by atoms with Gasteiger partial charge >= 0.3 is 0 Å². The summed E-state index contributed by atoms with van der Waals surface area (Å²) < 4.78 is 6.51. The van der Waals surface area contributed by atoms with E-state index in [9.17, 15) is 0 Å². The monoisotopic (exact) mass is 696 g/mol. The number of rotatable bonds is 2. The second kappa shape index (κ2) is 11.6. The number of hydrogen-bond acceptors (Lipinski definition) is 1. The molecule has 10 aromatic carbocycles. The van der Waals surface area contributed by atoms with Gasteiger partial charge in [0, 0.05) is 16.3 Å². The highest BCUT2D eigenvalue weighted by molar-refractivity contribution is 6.26. The van der Waals surface area contributed by atoms with Gasteiger partial charge in [0.15, 0.2) is 0 Å². The summed E-state index contributed by atoms with van der Waals surface area (Å²) in [4.78, 5) is 0. The minimum Gasteiger partial charge on any atom is -0.455 e. The smallest absolute Gasteiger partial charge is 0.143 e. The molecule has 0 unspecified atom stereocenters. The first-order chi connectivity index (χ1) is 27.3. The molecule has 1 aliphatic carbocycles. The molecule has 0 saturated carbocycles. The molecular weight excluding hydrogens is 665 g/mol. The van der Waals surface area contributed by atoms with E-state index in [4.69, 9.17) is 4.42 Å². The zero-order valence-electron chi connectivity index (χ0n) is 29.9. The molecule has 0 fully saturated rings. The molecule has 0 saturated heterocycles. The Morgan fingerprint density at radius 3 is 1.24 bits per heavy atom. The van der Waals surface area contributed by atoms with E-state index in [0.717, 1.165) is 33.1 Å². The second-order valence-electron chi connectivity index (χ2n) is 14.7. The van der Waals surface area contributed by atoms with E-state index in [1.165, 1.54) is 88.0 Å². The minimum atomic E-state index is 0.915. The summed E-state index contributed by atoms with van der Waals surface area (Å²) in [7, 11) is 0. The third-order valence-electron chi connectivity index (χ3n) is 11.8. The number of benzene rings is 10. The first-order valence-electron chi connectivity index (χ1n) is 19.0. The summed E-state index contributed by atoms with van der Waals surface area (Å²) in [6.07, 6.45) is 0. The van der Waals surface area contributed by atoms with Gasteiger partial charge < -0.3 is 4.42 Å². The van der Waals surface area contributed by atoms with E-state index >= 15 is 0 Å². The summed E-state index contributed by atoms with van der Waals surface area (Å²) >= 11 is 0. The Morgan fingerprint density at radius 2 is 0.618 bits per heavy atom. The second-order valence-corrected chi connectivity index (χ2v) is 14.7. The van der Waals surface area contributed by atoms with Crippen molar-refractivity contribution in [2.24, 2.45) is 0 Å². The van der Waals surface area contributed by atoms with Crippen LogP contribution in [0.25, 0.3) is 121 Å². The number of para-hydroxylation sites is 2. The van der Waals surface area contributed by atoms with Crippen LogP contribution in [-0.2, 0) is 0 Å². The molecule has 0 amide bonds. The van der Waals surface area contributed by atoms with Gasteiger partial charge in [-0.3, -0.25) is 0 Å². The van der Waals surface area contributed by atoms with Gasteiger partial charge in [-0.2, -0.15) is 0 Å². The van der Waals surface area contributed by atoms with Crippen molar-refractivity contribution < 1.29 is 4.42 Å². The van der Waals surface area contributed by atoms with Crippen LogP contribution < -0.4 is 0 Å². The van der Waals surface area contributed by atoms with Gasteiger partial charge in [0.25, 0.3) is 0 Å². The molecule has 1 heterocycles. The molecule has 0 radical (unpaired) electrons. The maximum absolute atomic E-state index is 6.51. The fraction of sp³-hybridized carbons (Fsp3) is 0. The molecular formula is C54H32O. The molecule has 0 aliphatic heterocycles. The molecule has 12 rings (SSSR count). The maximum atomic E-state index is 6.51. The van der Waals surface area contributed by atoms with Crippen LogP contribution in [0.15, 0.2) is 199 Å². The van der Waals surface area contributed by atoms with Crippen molar-refractivity contribution in [1.82, 2.24) is 0 Å². The Balaban J connectivity index is 1.10. The van der Waals surface area contributed by atoms with Gasteiger partial charge in [0.05, 0.1) is 0 Å². The number of hydrogen-bond donors (Lipinski definition) is 0. The Kier molecular flexibility index (Phi) is 6.40. The van der Waals surface area contributed by atoms with Crippen LogP contribution in [0.2, 0.25) is 0 Å². The zero-order valence-corrected chi connectivity index (χ0v) is 29.9. The summed E-state index contributed by atoms with van der Waals surface area (Å²) in [5.41, 5.74) is 16.6. The van der Waals surface area contributed by atoms with E-state index in [1.807, 2.05) is 6.07 Å². The third kappa shape index (κ3) is 4.48. The SMILES string of the molecule is c1ccc2c(c1)-c1ccccc1-c1ccc(-c3ccc4c5ccccc5c5ccc(-c6cccc7c6oc6ccccc67)cc5c4c3)cc1-c1ccccc1-2. The molecule has 1 aliphatic rings. The van der Waals surface area contributed by atoms with Gasteiger partial charge in [-0.25, -0.2) is 0 Å². The lowest BCUT2D eigenvalue weighted by atomic mass is 9.80. The van der Waals surface area contributed by atoms with Gasteiger partial charge in [0.2, 0.25) is 0 Å². The van der Waals surface area contributed by atoms with Crippen molar-refractivity contribution in [2.75, 3.05) is 0 Å². The van der Waals surface area contributed by atoms with Crippen LogP contribution in [0.4, 0.5) is 0 Å². The normalized spacial score (nSPS) is 12.0. The molecule has 1 nitrogen and oxygen atoms in total. The van der Waals surface area contributed by atoms with Crippen molar-refractivity contribution in [3.05, 3.63) is 194 Å². The van der Waals surface area contributed by atoms with E-state index in [-0.39, 0.29) is 0 Å². The summed E-state index contributed by atoms with van der Waals surface area (Å²) in [5.74, 6) is 0. The van der Waals surface area contributed by atoms with Crippen molar-refractivity contribution in [3.8, 4) is 66.8 Å². The average molecular weight is 697 g/mol. The summed E-state index contributed by atoms with van der Waals surface area (Å²) in [6.45, 7) is 0. The lowest BCUT2D eigenvalue weighted by Crippen LogP contribution is -1.97. The molecule has 1 heteroatoms. The van der Waals surface area contributed by atoms with E-state index < -0.39 is 0 Å². The highest BCUT2D eigenvalue weighted by Gasteiger charge is 2.22. The average Bonchev–Trinajstić information content (AvgIpc) is 3.65. The molecule has 0 spiro atoms. The highest BCUT2D eigenvalue weighted by Crippen LogP contribution is 2.49. The van der Waals surface area contributed by atoms with Gasteiger partial charge in [-0.15, -0.1) is 0 Å². The zero-order chi connectivity index (χ0) is 36.0. The maximum Gasteiger partial charge on any atom is 0.143 e. The summed E-state index contributed by atoms with van der Waals surface area (Å²) in [6, 6.07) is 71.3. The van der Waals surface area contributed by atoms with Crippen molar-refractivity contribution in [3.63, 3.8) is 0 Å². The molecule has 254 valence electrons. The first-order valence-corrected chi connectivity index (χ1v) is 19.0. The molecule has 1 aromatic heterocycles. The van der Waals surface area contributed by atoms with Crippen molar-refractivity contribution in [2.45, 2.75) is 0 Å². The summed E-state index contributed by atoms with van der Waals surface area (Å²) in [5, 5.41) is 9.82. The lowest BCUT2D eigenvalue weighted by molar-refractivity contribution is 0.670. The van der Waals surface area contributed by atoms with Gasteiger partial charge in [0.1, 0.15) is 11.2 Å². The molecule has 0 atom stereocenters. The van der Waals surface area contributed by atoms with Crippen LogP contribution in [0.5, 0.6) is 0 Å². The Labute approximate surface area is 318 Å². The highest BCUT2D eigenvalue weighted by atomic mass is 16.3. The van der Waals surface area contributed by atoms with Crippen LogP contribution >= 0.6 is 0 Å². The number of fused-ring (bicyclic) bond motifs is 17. The predicted octanol–water partition coefficient (Wildman–Crippen LogP) is 15.4.